The normalized spacial score (nSPS) is 10.2. The van der Waals surface area contributed by atoms with Crippen LogP contribution in [0.25, 0.3) is 0 Å². The summed E-state index contributed by atoms with van der Waals surface area (Å²) >= 11 is 5.96. The van der Waals surface area contributed by atoms with E-state index in [1.165, 1.54) is 0 Å². The quantitative estimate of drug-likeness (QED) is 0.378. The topological polar surface area (TPSA) is 85.9 Å². The number of nitrogens with one attached hydrogen (secondary N) is 2. The summed E-state index contributed by atoms with van der Waals surface area (Å²) in [4.78, 5) is 24.3. The van der Waals surface area contributed by atoms with Crippen LogP contribution in [0, 0.1) is 6.92 Å². The molecule has 3 rings (SSSR count). The van der Waals surface area contributed by atoms with Crippen LogP contribution < -0.4 is 25.1 Å². The molecule has 0 heterocycles. The molecule has 0 aliphatic carbocycles. The van der Waals surface area contributed by atoms with Gasteiger partial charge in [0, 0.05) is 10.6 Å². The maximum absolute atomic E-state index is 12.3. The molecule has 8 heteroatoms. The third-order valence-corrected chi connectivity index (χ3v) is 4.70. The van der Waals surface area contributed by atoms with Crippen LogP contribution in [0.4, 0.5) is 0 Å². The van der Waals surface area contributed by atoms with E-state index in [9.17, 15) is 9.59 Å². The second-order valence-corrected chi connectivity index (χ2v) is 7.15. The number of amides is 2. The van der Waals surface area contributed by atoms with Gasteiger partial charge in [-0.25, -0.2) is 0 Å². The van der Waals surface area contributed by atoms with Gasteiger partial charge in [-0.3, -0.25) is 20.4 Å². The molecule has 0 aliphatic heterocycles. The SMILES string of the molecule is Cc1cc(OCC(=O)NNC(=O)c2cccc(OCCOc3ccccc3)c2)ccc1Cl. The predicted molar refractivity (Wildman–Crippen MR) is 121 cm³/mol. The molecule has 0 fully saturated rings. The number of rotatable bonds is 9. The number of aryl methyl sites for hydroxylation is 1. The van der Waals surface area contributed by atoms with E-state index in [4.69, 9.17) is 25.8 Å². The number of para-hydroxylation sites is 1. The van der Waals surface area contributed by atoms with Gasteiger partial charge in [0.15, 0.2) is 6.61 Å². The van der Waals surface area contributed by atoms with Crippen molar-refractivity contribution in [2.75, 3.05) is 19.8 Å². The molecule has 2 N–H and O–H groups in total. The molecule has 0 saturated heterocycles. The molecular formula is C24H23ClN2O5. The molecule has 0 saturated carbocycles. The van der Waals surface area contributed by atoms with Gasteiger partial charge in [-0.05, 0) is 61.0 Å². The number of halogens is 1. The Morgan fingerprint density at radius 1 is 0.781 bits per heavy atom. The highest BCUT2D eigenvalue weighted by Gasteiger charge is 2.09. The van der Waals surface area contributed by atoms with E-state index in [1.54, 1.807) is 42.5 Å². The lowest BCUT2D eigenvalue weighted by Gasteiger charge is -2.11. The Hall–Kier alpha value is -3.71. The van der Waals surface area contributed by atoms with Crippen LogP contribution in [0.5, 0.6) is 17.2 Å². The minimum absolute atomic E-state index is 0.258. The van der Waals surface area contributed by atoms with Gasteiger partial charge in [0.2, 0.25) is 0 Å². The first-order valence-electron chi connectivity index (χ1n) is 9.90. The summed E-state index contributed by atoms with van der Waals surface area (Å²) in [5.41, 5.74) is 5.84. The fraction of sp³-hybridized carbons (Fsp3) is 0.167. The van der Waals surface area contributed by atoms with Crippen LogP contribution in [0.1, 0.15) is 15.9 Å². The maximum Gasteiger partial charge on any atom is 0.276 e. The standard InChI is InChI=1S/C24H23ClN2O5/c1-17-14-21(10-11-22(17)25)32-16-23(28)26-27-24(29)18-6-5-9-20(15-18)31-13-12-30-19-7-3-2-4-8-19/h2-11,14-15H,12-13,16H2,1H3,(H,26,28)(H,27,29). The number of carbonyl (C=O) groups excluding carboxylic acids is 2. The zero-order valence-electron chi connectivity index (χ0n) is 17.5. The van der Waals surface area contributed by atoms with Gasteiger partial charge >= 0.3 is 0 Å². The lowest BCUT2D eigenvalue weighted by molar-refractivity contribution is -0.123. The van der Waals surface area contributed by atoms with Crippen LogP contribution in [0.15, 0.2) is 72.8 Å². The van der Waals surface area contributed by atoms with Gasteiger partial charge in [-0.2, -0.15) is 0 Å². The summed E-state index contributed by atoms with van der Waals surface area (Å²) in [7, 11) is 0. The van der Waals surface area contributed by atoms with Crippen LogP contribution in [-0.2, 0) is 4.79 Å². The zero-order chi connectivity index (χ0) is 22.8. The van der Waals surface area contributed by atoms with Crippen molar-refractivity contribution in [2.24, 2.45) is 0 Å². The molecule has 0 unspecified atom stereocenters. The molecule has 0 atom stereocenters. The Balaban J connectivity index is 1.40. The number of carbonyl (C=O) groups is 2. The zero-order valence-corrected chi connectivity index (χ0v) is 18.2. The van der Waals surface area contributed by atoms with E-state index >= 15 is 0 Å². The maximum atomic E-state index is 12.3. The summed E-state index contributed by atoms with van der Waals surface area (Å²) in [5.74, 6) is 0.801. The second kappa shape index (κ2) is 11.6. The number of benzene rings is 3. The van der Waals surface area contributed by atoms with Crippen molar-refractivity contribution < 1.29 is 23.8 Å². The molecule has 0 aromatic heterocycles. The third-order valence-electron chi connectivity index (χ3n) is 4.28. The fourth-order valence-corrected chi connectivity index (χ4v) is 2.77. The summed E-state index contributed by atoms with van der Waals surface area (Å²) in [6, 6.07) is 21.1. The van der Waals surface area contributed by atoms with Crippen molar-refractivity contribution in [1.29, 1.82) is 0 Å². The second-order valence-electron chi connectivity index (χ2n) is 6.74. The van der Waals surface area contributed by atoms with Gasteiger partial charge in [0.1, 0.15) is 30.5 Å². The van der Waals surface area contributed by atoms with Crippen molar-refractivity contribution >= 4 is 23.4 Å². The van der Waals surface area contributed by atoms with Crippen molar-refractivity contribution in [2.45, 2.75) is 6.92 Å². The Morgan fingerprint density at radius 3 is 2.22 bits per heavy atom. The average Bonchev–Trinajstić information content (AvgIpc) is 2.82. The van der Waals surface area contributed by atoms with Gasteiger partial charge < -0.3 is 14.2 Å². The molecule has 2 amide bonds. The fourth-order valence-electron chi connectivity index (χ4n) is 2.65. The van der Waals surface area contributed by atoms with Gasteiger partial charge in [0.25, 0.3) is 11.8 Å². The van der Waals surface area contributed by atoms with Crippen molar-refractivity contribution in [3.8, 4) is 17.2 Å². The first-order valence-corrected chi connectivity index (χ1v) is 10.3. The van der Waals surface area contributed by atoms with E-state index in [1.807, 2.05) is 37.3 Å². The van der Waals surface area contributed by atoms with E-state index < -0.39 is 11.8 Å². The third kappa shape index (κ3) is 7.21. The smallest absolute Gasteiger partial charge is 0.276 e. The van der Waals surface area contributed by atoms with Crippen molar-refractivity contribution in [1.82, 2.24) is 10.9 Å². The van der Waals surface area contributed by atoms with E-state index in [-0.39, 0.29) is 6.61 Å². The summed E-state index contributed by atoms with van der Waals surface area (Å²) < 4.78 is 16.6. The molecule has 7 nitrogen and oxygen atoms in total. The molecule has 32 heavy (non-hydrogen) atoms. The van der Waals surface area contributed by atoms with Gasteiger partial charge in [0.05, 0.1) is 0 Å². The molecule has 166 valence electrons. The van der Waals surface area contributed by atoms with Crippen LogP contribution in [0.2, 0.25) is 5.02 Å². The minimum atomic E-state index is -0.503. The number of ether oxygens (including phenoxy) is 3. The number of hydrogen-bond donors (Lipinski definition) is 2. The number of hydrogen-bond acceptors (Lipinski definition) is 5. The lowest BCUT2D eigenvalue weighted by Crippen LogP contribution is -2.43. The average molecular weight is 455 g/mol. The Bertz CT molecular complexity index is 1060. The Kier molecular flexibility index (Phi) is 8.34. The van der Waals surface area contributed by atoms with Crippen LogP contribution in [-0.4, -0.2) is 31.6 Å². The van der Waals surface area contributed by atoms with E-state index in [0.717, 1.165) is 11.3 Å². The Morgan fingerprint density at radius 2 is 1.47 bits per heavy atom. The summed E-state index contributed by atoms with van der Waals surface area (Å²) in [6.45, 7) is 2.26. The molecule has 3 aromatic carbocycles. The predicted octanol–water partition coefficient (Wildman–Crippen LogP) is 3.95. The first-order chi connectivity index (χ1) is 15.5. The largest absolute Gasteiger partial charge is 0.490 e. The molecule has 0 bridgehead atoms. The summed E-state index contributed by atoms with van der Waals surface area (Å²) in [5, 5.41) is 0.615. The van der Waals surface area contributed by atoms with E-state index in [0.29, 0.717) is 35.3 Å². The molecule has 0 spiro atoms. The highest BCUT2D eigenvalue weighted by atomic mass is 35.5. The Labute approximate surface area is 191 Å². The minimum Gasteiger partial charge on any atom is -0.490 e. The van der Waals surface area contributed by atoms with Gasteiger partial charge in [-0.1, -0.05) is 35.9 Å². The van der Waals surface area contributed by atoms with Crippen LogP contribution >= 0.6 is 11.6 Å². The molecule has 3 aromatic rings. The monoisotopic (exact) mass is 454 g/mol. The highest BCUT2D eigenvalue weighted by molar-refractivity contribution is 6.31. The van der Waals surface area contributed by atoms with Crippen molar-refractivity contribution in [3.05, 3.63) is 88.9 Å². The van der Waals surface area contributed by atoms with Crippen molar-refractivity contribution in [3.63, 3.8) is 0 Å². The molecule has 0 radical (unpaired) electrons. The van der Waals surface area contributed by atoms with E-state index in [2.05, 4.69) is 10.9 Å². The van der Waals surface area contributed by atoms with Crippen LogP contribution in [0.3, 0.4) is 0 Å². The van der Waals surface area contributed by atoms with Gasteiger partial charge in [-0.15, -0.1) is 0 Å². The lowest BCUT2D eigenvalue weighted by atomic mass is 10.2. The number of hydrazine groups is 1. The highest BCUT2D eigenvalue weighted by Crippen LogP contribution is 2.20. The summed E-state index contributed by atoms with van der Waals surface area (Å²) in [6.07, 6.45) is 0. The molecule has 0 aliphatic rings. The molecular weight excluding hydrogens is 432 g/mol. The first kappa shape index (κ1) is 23.0.